The van der Waals surface area contributed by atoms with Gasteiger partial charge in [0.25, 0.3) is 5.91 Å². The molecule has 0 atom stereocenters. The lowest BCUT2D eigenvalue weighted by Crippen LogP contribution is -2.40. The van der Waals surface area contributed by atoms with Crippen molar-refractivity contribution in [2.24, 2.45) is 0 Å². The highest BCUT2D eigenvalue weighted by Gasteiger charge is 2.43. The van der Waals surface area contributed by atoms with Gasteiger partial charge in [0, 0.05) is 13.0 Å². The lowest BCUT2D eigenvalue weighted by Gasteiger charge is -2.15. The van der Waals surface area contributed by atoms with Crippen molar-refractivity contribution in [3.8, 4) is 0 Å². The second-order valence-electron chi connectivity index (χ2n) is 5.75. The van der Waals surface area contributed by atoms with Crippen LogP contribution in [-0.2, 0) is 9.59 Å². The van der Waals surface area contributed by atoms with Crippen LogP contribution in [0.5, 0.6) is 0 Å². The largest absolute Gasteiger partial charge is 0.397 e. The van der Waals surface area contributed by atoms with Gasteiger partial charge < -0.3 is 16.4 Å². The molecule has 8 heteroatoms. The van der Waals surface area contributed by atoms with E-state index < -0.39 is 11.6 Å². The molecule has 2 rings (SSSR count). The summed E-state index contributed by atoms with van der Waals surface area (Å²) in [6.45, 7) is 3.52. The molecule has 7 nitrogen and oxygen atoms in total. The molecule has 1 heterocycles. The Bertz CT molecular complexity index is 618. The molecule has 1 fully saturated rings. The maximum Gasteiger partial charge on any atom is 0.325 e. The molecule has 0 aliphatic carbocycles. The highest BCUT2D eigenvalue weighted by atomic mass is 35.5. The van der Waals surface area contributed by atoms with Crippen LogP contribution >= 0.6 is 12.4 Å². The molecule has 1 aliphatic rings. The van der Waals surface area contributed by atoms with Gasteiger partial charge in [0.1, 0.15) is 5.54 Å². The summed E-state index contributed by atoms with van der Waals surface area (Å²) in [7, 11) is 0. The third-order valence-corrected chi connectivity index (χ3v) is 3.46. The van der Waals surface area contributed by atoms with E-state index in [-0.39, 0.29) is 37.2 Å². The number of hydrogen-bond donors (Lipinski definition) is 3. The second-order valence-corrected chi connectivity index (χ2v) is 5.75. The summed E-state index contributed by atoms with van der Waals surface area (Å²) in [5.41, 5.74) is 5.92. The van der Waals surface area contributed by atoms with Crippen molar-refractivity contribution in [2.75, 3.05) is 17.6 Å². The number of carbonyl (C=O) groups excluding carboxylic acids is 3. The van der Waals surface area contributed by atoms with Gasteiger partial charge in [-0.25, -0.2) is 4.79 Å². The standard InChI is InChI=1S/C15H20N4O3.ClH/c1-15(2)13(21)19(14(22)18-15)9-5-8-12(20)17-11-7-4-3-6-10(11)16;/h3-4,6-7H,5,8-9,16H2,1-2H3,(H,17,20)(H,18,22);1H. The Hall–Kier alpha value is -2.28. The van der Waals surface area contributed by atoms with Crippen molar-refractivity contribution < 1.29 is 14.4 Å². The first-order valence-corrected chi connectivity index (χ1v) is 7.10. The molecule has 4 N–H and O–H groups in total. The van der Waals surface area contributed by atoms with Crippen molar-refractivity contribution in [3.63, 3.8) is 0 Å². The fourth-order valence-corrected chi connectivity index (χ4v) is 2.24. The van der Waals surface area contributed by atoms with E-state index in [0.29, 0.717) is 17.8 Å². The third-order valence-electron chi connectivity index (χ3n) is 3.46. The fraction of sp³-hybridized carbons (Fsp3) is 0.400. The molecule has 1 saturated heterocycles. The minimum atomic E-state index is -0.877. The normalized spacial score (nSPS) is 15.8. The van der Waals surface area contributed by atoms with Crippen LogP contribution in [0.15, 0.2) is 24.3 Å². The molecular formula is C15H21ClN4O3. The zero-order valence-corrected chi connectivity index (χ0v) is 13.9. The average molecular weight is 341 g/mol. The Morgan fingerprint density at radius 2 is 1.96 bits per heavy atom. The van der Waals surface area contributed by atoms with Crippen molar-refractivity contribution in [1.82, 2.24) is 10.2 Å². The van der Waals surface area contributed by atoms with Crippen LogP contribution in [0, 0.1) is 0 Å². The number of urea groups is 1. The first-order valence-electron chi connectivity index (χ1n) is 7.10. The van der Waals surface area contributed by atoms with E-state index in [2.05, 4.69) is 10.6 Å². The Morgan fingerprint density at radius 3 is 2.52 bits per heavy atom. The Balaban J connectivity index is 0.00000264. The monoisotopic (exact) mass is 340 g/mol. The van der Waals surface area contributed by atoms with E-state index in [1.54, 1.807) is 38.1 Å². The molecule has 1 aromatic carbocycles. The number of nitrogens with zero attached hydrogens (tertiary/aromatic N) is 1. The maximum absolute atomic E-state index is 12.0. The minimum absolute atomic E-state index is 0. The predicted molar refractivity (Wildman–Crippen MR) is 90.3 cm³/mol. The van der Waals surface area contributed by atoms with Gasteiger partial charge in [0.15, 0.2) is 0 Å². The van der Waals surface area contributed by atoms with Gasteiger partial charge >= 0.3 is 6.03 Å². The number of rotatable bonds is 5. The lowest BCUT2D eigenvalue weighted by molar-refractivity contribution is -0.130. The van der Waals surface area contributed by atoms with E-state index in [1.807, 2.05) is 0 Å². The molecule has 23 heavy (non-hydrogen) atoms. The van der Waals surface area contributed by atoms with Crippen LogP contribution in [0.2, 0.25) is 0 Å². The number of amides is 4. The predicted octanol–water partition coefficient (Wildman–Crippen LogP) is 1.74. The van der Waals surface area contributed by atoms with Gasteiger partial charge in [-0.2, -0.15) is 0 Å². The smallest absolute Gasteiger partial charge is 0.325 e. The summed E-state index contributed by atoms with van der Waals surface area (Å²) in [5, 5.41) is 5.31. The molecule has 0 bridgehead atoms. The number of hydrogen-bond acceptors (Lipinski definition) is 4. The summed E-state index contributed by atoms with van der Waals surface area (Å²) in [4.78, 5) is 36.7. The van der Waals surface area contributed by atoms with Gasteiger partial charge in [0.2, 0.25) is 5.91 Å². The highest BCUT2D eigenvalue weighted by Crippen LogP contribution is 2.18. The van der Waals surface area contributed by atoms with E-state index >= 15 is 0 Å². The van der Waals surface area contributed by atoms with Crippen LogP contribution in [-0.4, -0.2) is 34.8 Å². The van der Waals surface area contributed by atoms with Crippen LogP contribution in [0.3, 0.4) is 0 Å². The van der Waals surface area contributed by atoms with Gasteiger partial charge in [-0.1, -0.05) is 12.1 Å². The maximum atomic E-state index is 12.0. The third kappa shape index (κ3) is 4.35. The van der Waals surface area contributed by atoms with Gasteiger partial charge in [-0.15, -0.1) is 12.4 Å². The first kappa shape index (κ1) is 18.8. The SMILES string of the molecule is CC1(C)NC(=O)N(CCCC(=O)Nc2ccccc2N)C1=O.Cl. The zero-order valence-electron chi connectivity index (χ0n) is 13.1. The minimum Gasteiger partial charge on any atom is -0.397 e. The Kier molecular flexibility index (Phi) is 5.98. The average Bonchev–Trinajstić information content (AvgIpc) is 2.63. The Morgan fingerprint density at radius 1 is 1.30 bits per heavy atom. The number of halogens is 1. The van der Waals surface area contributed by atoms with Crippen LogP contribution in [0.1, 0.15) is 26.7 Å². The molecule has 126 valence electrons. The van der Waals surface area contributed by atoms with E-state index in [0.717, 1.165) is 4.90 Å². The van der Waals surface area contributed by atoms with E-state index in [9.17, 15) is 14.4 Å². The lowest BCUT2D eigenvalue weighted by atomic mass is 10.1. The van der Waals surface area contributed by atoms with Gasteiger partial charge in [-0.3, -0.25) is 14.5 Å². The molecule has 4 amide bonds. The molecule has 0 saturated carbocycles. The summed E-state index contributed by atoms with van der Waals surface area (Å²) in [6, 6.07) is 6.56. The molecule has 0 spiro atoms. The van der Waals surface area contributed by atoms with Gasteiger partial charge in [0.05, 0.1) is 11.4 Å². The summed E-state index contributed by atoms with van der Waals surface area (Å²) >= 11 is 0. The molecular weight excluding hydrogens is 320 g/mol. The second kappa shape index (κ2) is 7.32. The molecule has 1 aromatic rings. The van der Waals surface area contributed by atoms with Crippen molar-refractivity contribution >= 4 is 41.6 Å². The van der Waals surface area contributed by atoms with Crippen molar-refractivity contribution in [3.05, 3.63) is 24.3 Å². The van der Waals surface area contributed by atoms with Gasteiger partial charge in [-0.05, 0) is 32.4 Å². The quantitative estimate of drug-likeness (QED) is 0.561. The van der Waals surface area contributed by atoms with Crippen molar-refractivity contribution in [2.45, 2.75) is 32.2 Å². The number of nitrogen functional groups attached to an aromatic ring is 1. The molecule has 0 unspecified atom stereocenters. The van der Waals surface area contributed by atoms with Crippen LogP contribution in [0.4, 0.5) is 16.2 Å². The van der Waals surface area contributed by atoms with Crippen LogP contribution < -0.4 is 16.4 Å². The van der Waals surface area contributed by atoms with Crippen LogP contribution in [0.25, 0.3) is 0 Å². The summed E-state index contributed by atoms with van der Waals surface area (Å²) < 4.78 is 0. The molecule has 0 aromatic heterocycles. The molecule has 1 aliphatic heterocycles. The van der Waals surface area contributed by atoms with E-state index in [1.165, 1.54) is 0 Å². The summed E-state index contributed by atoms with van der Waals surface area (Å²) in [6.07, 6.45) is 0.597. The highest BCUT2D eigenvalue weighted by molar-refractivity contribution is 6.06. The Labute approximate surface area is 141 Å². The topological polar surface area (TPSA) is 105 Å². The number of anilines is 2. The summed E-state index contributed by atoms with van der Waals surface area (Å²) in [5.74, 6) is -0.477. The number of carbonyl (C=O) groups is 3. The number of para-hydroxylation sites is 2. The van der Waals surface area contributed by atoms with Crippen molar-refractivity contribution in [1.29, 1.82) is 0 Å². The van der Waals surface area contributed by atoms with E-state index in [4.69, 9.17) is 5.73 Å². The number of nitrogens with one attached hydrogen (secondary N) is 2. The fourth-order valence-electron chi connectivity index (χ4n) is 2.24. The molecule has 0 radical (unpaired) electrons. The number of benzene rings is 1. The zero-order chi connectivity index (χ0) is 16.3. The first-order chi connectivity index (χ1) is 10.3. The number of nitrogens with two attached hydrogens (primary N) is 1. The number of imide groups is 1.